The lowest BCUT2D eigenvalue weighted by Crippen LogP contribution is -2.17. The number of pyridine rings is 1. The molecule has 8 heteroatoms. The second-order valence-electron chi connectivity index (χ2n) is 4.61. The van der Waals surface area contributed by atoms with E-state index in [0.29, 0.717) is 11.4 Å². The van der Waals surface area contributed by atoms with E-state index >= 15 is 0 Å². The maximum Gasteiger partial charge on any atom is 0.266 e. The molecule has 0 atom stereocenters. The number of rotatable bonds is 7. The van der Waals surface area contributed by atoms with Crippen LogP contribution in [0.25, 0.3) is 0 Å². The average molecular weight is 441 g/mol. The Kier molecular flexibility index (Phi) is 6.79. The first-order valence-electron chi connectivity index (χ1n) is 6.88. The smallest absolute Gasteiger partial charge is 0.266 e. The summed E-state index contributed by atoms with van der Waals surface area (Å²) in [5, 5.41) is 6.09. The van der Waals surface area contributed by atoms with Gasteiger partial charge in [-0.25, -0.2) is 9.37 Å². The third kappa shape index (κ3) is 6.03. The lowest BCUT2D eigenvalue weighted by atomic mass is 10.1. The molecule has 6 nitrogen and oxygen atoms in total. The summed E-state index contributed by atoms with van der Waals surface area (Å²) in [6.07, 6.45) is 2.87. The minimum Gasteiger partial charge on any atom is -0.386 e. The van der Waals surface area contributed by atoms with Gasteiger partial charge in [0.25, 0.3) is 5.91 Å². The molecular formula is C16H13FIN3O3. The molecule has 0 radical (unpaired) electrons. The predicted octanol–water partition coefficient (Wildman–Crippen LogP) is 3.04. The van der Waals surface area contributed by atoms with Crippen LogP contribution in [0.2, 0.25) is 0 Å². The fourth-order valence-corrected chi connectivity index (χ4v) is 1.97. The number of hydrogen-bond donors (Lipinski definition) is 1. The number of halogens is 2. The average Bonchev–Trinajstić information content (AvgIpc) is 2.57. The first-order chi connectivity index (χ1) is 11.5. The zero-order valence-electron chi connectivity index (χ0n) is 12.4. The van der Waals surface area contributed by atoms with Crippen molar-refractivity contribution in [2.45, 2.75) is 6.42 Å². The van der Waals surface area contributed by atoms with Crippen molar-refractivity contribution >= 4 is 46.3 Å². The van der Waals surface area contributed by atoms with Gasteiger partial charge in [-0.05, 0) is 59.0 Å². The highest BCUT2D eigenvalue weighted by Crippen LogP contribution is 2.07. The van der Waals surface area contributed by atoms with Crippen LogP contribution in [0, 0.1) is 9.39 Å². The van der Waals surface area contributed by atoms with E-state index in [1.165, 1.54) is 30.5 Å². The number of oxime groups is 1. The van der Waals surface area contributed by atoms with Crippen LogP contribution in [0.1, 0.15) is 16.8 Å². The number of ketones is 1. The Morgan fingerprint density at radius 1 is 1.25 bits per heavy atom. The molecule has 2 rings (SSSR count). The number of Topliss-reactive ketones (excluding diaryl/α,β-unsaturated/α-hetero) is 1. The standard InChI is InChI=1S/C16H13FIN3O3/c17-12-3-1-11(2-4-12)14(22)7-8-20-24-10-16(23)21-15-6-5-13(18)9-19-15/h1-6,8-9H,7,10H2,(H,19,21,23)/b20-8+. The maximum absolute atomic E-state index is 12.8. The molecule has 2 aromatic rings. The molecule has 1 heterocycles. The Hall–Kier alpha value is -2.36. The number of aromatic nitrogens is 1. The third-order valence-corrected chi connectivity index (χ3v) is 3.42. The van der Waals surface area contributed by atoms with Crippen molar-refractivity contribution in [1.29, 1.82) is 0 Å². The first-order valence-corrected chi connectivity index (χ1v) is 7.96. The molecule has 0 saturated carbocycles. The molecule has 0 aliphatic rings. The van der Waals surface area contributed by atoms with E-state index in [4.69, 9.17) is 4.84 Å². The van der Waals surface area contributed by atoms with Crippen molar-refractivity contribution in [3.63, 3.8) is 0 Å². The lowest BCUT2D eigenvalue weighted by Gasteiger charge is -2.03. The van der Waals surface area contributed by atoms with Gasteiger partial charge < -0.3 is 10.2 Å². The van der Waals surface area contributed by atoms with Crippen molar-refractivity contribution in [2.24, 2.45) is 5.16 Å². The van der Waals surface area contributed by atoms with Crippen molar-refractivity contribution in [1.82, 2.24) is 4.98 Å². The van der Waals surface area contributed by atoms with Crippen LogP contribution in [0.4, 0.5) is 10.2 Å². The molecule has 1 amide bonds. The Balaban J connectivity index is 1.70. The van der Waals surface area contributed by atoms with Gasteiger partial charge in [0.05, 0.1) is 6.21 Å². The van der Waals surface area contributed by atoms with Gasteiger partial charge >= 0.3 is 0 Å². The van der Waals surface area contributed by atoms with Gasteiger partial charge in [-0.3, -0.25) is 9.59 Å². The van der Waals surface area contributed by atoms with E-state index in [-0.39, 0.29) is 18.8 Å². The van der Waals surface area contributed by atoms with Crippen molar-refractivity contribution in [2.75, 3.05) is 11.9 Å². The molecule has 1 aromatic heterocycles. The van der Waals surface area contributed by atoms with Gasteiger partial charge in [0.2, 0.25) is 0 Å². The van der Waals surface area contributed by atoms with E-state index in [1.54, 1.807) is 12.3 Å². The van der Waals surface area contributed by atoms with Crippen LogP contribution in [0.5, 0.6) is 0 Å². The number of carbonyl (C=O) groups is 2. The monoisotopic (exact) mass is 441 g/mol. The summed E-state index contributed by atoms with van der Waals surface area (Å²) in [6.45, 7) is -0.297. The van der Waals surface area contributed by atoms with E-state index < -0.39 is 11.7 Å². The van der Waals surface area contributed by atoms with Crippen LogP contribution >= 0.6 is 22.6 Å². The molecule has 1 aromatic carbocycles. The molecule has 0 unspecified atom stereocenters. The molecular weight excluding hydrogens is 428 g/mol. The summed E-state index contributed by atoms with van der Waals surface area (Å²) in [5.41, 5.74) is 0.380. The van der Waals surface area contributed by atoms with E-state index in [2.05, 4.69) is 38.0 Å². The van der Waals surface area contributed by atoms with Gasteiger partial charge in [0.15, 0.2) is 12.4 Å². The maximum atomic E-state index is 12.8. The summed E-state index contributed by atoms with van der Waals surface area (Å²) >= 11 is 2.11. The fourth-order valence-electron chi connectivity index (χ4n) is 1.65. The molecule has 0 fully saturated rings. The molecule has 124 valence electrons. The second kappa shape index (κ2) is 9.06. The topological polar surface area (TPSA) is 80.6 Å². The van der Waals surface area contributed by atoms with Crippen molar-refractivity contribution in [3.8, 4) is 0 Å². The van der Waals surface area contributed by atoms with E-state index in [0.717, 1.165) is 3.57 Å². The predicted molar refractivity (Wildman–Crippen MR) is 95.4 cm³/mol. The molecule has 0 bridgehead atoms. The highest BCUT2D eigenvalue weighted by molar-refractivity contribution is 14.1. The van der Waals surface area contributed by atoms with Gasteiger partial charge in [-0.2, -0.15) is 0 Å². The Labute approximate surface area is 151 Å². The Morgan fingerprint density at radius 3 is 2.67 bits per heavy atom. The number of nitrogens with zero attached hydrogens (tertiary/aromatic N) is 2. The largest absolute Gasteiger partial charge is 0.386 e. The second-order valence-corrected chi connectivity index (χ2v) is 5.85. The zero-order valence-corrected chi connectivity index (χ0v) is 14.6. The molecule has 0 saturated heterocycles. The number of benzene rings is 1. The molecule has 0 spiro atoms. The number of hydrogen-bond acceptors (Lipinski definition) is 5. The van der Waals surface area contributed by atoms with Crippen LogP contribution in [0.3, 0.4) is 0 Å². The van der Waals surface area contributed by atoms with Gasteiger partial charge in [0, 0.05) is 21.8 Å². The highest BCUT2D eigenvalue weighted by atomic mass is 127. The highest BCUT2D eigenvalue weighted by Gasteiger charge is 2.05. The van der Waals surface area contributed by atoms with E-state index in [1.807, 2.05) is 6.07 Å². The van der Waals surface area contributed by atoms with Crippen LogP contribution in [-0.4, -0.2) is 29.5 Å². The van der Waals surface area contributed by atoms with Crippen LogP contribution in [-0.2, 0) is 9.63 Å². The summed E-state index contributed by atoms with van der Waals surface area (Å²) in [6, 6.07) is 8.70. The molecule has 0 aliphatic heterocycles. The normalized spacial score (nSPS) is 10.6. The van der Waals surface area contributed by atoms with E-state index in [9.17, 15) is 14.0 Å². The minimum absolute atomic E-state index is 0.00801. The summed E-state index contributed by atoms with van der Waals surface area (Å²) in [4.78, 5) is 32.2. The van der Waals surface area contributed by atoms with Crippen LogP contribution in [0.15, 0.2) is 47.8 Å². The number of amides is 1. The van der Waals surface area contributed by atoms with Gasteiger partial charge in [-0.15, -0.1) is 0 Å². The Morgan fingerprint density at radius 2 is 2.00 bits per heavy atom. The third-order valence-electron chi connectivity index (χ3n) is 2.78. The van der Waals surface area contributed by atoms with Crippen molar-refractivity contribution < 1.29 is 18.8 Å². The lowest BCUT2D eigenvalue weighted by molar-refractivity contribution is -0.120. The van der Waals surface area contributed by atoms with Crippen molar-refractivity contribution in [3.05, 3.63) is 57.5 Å². The van der Waals surface area contributed by atoms with Crippen LogP contribution < -0.4 is 5.32 Å². The molecule has 0 aliphatic carbocycles. The van der Waals surface area contributed by atoms with Gasteiger partial charge in [-0.1, -0.05) is 5.16 Å². The number of nitrogens with one attached hydrogen (secondary N) is 1. The fraction of sp³-hybridized carbons (Fsp3) is 0.125. The summed E-state index contributed by atoms with van der Waals surface area (Å²) < 4.78 is 13.7. The molecule has 1 N–H and O–H groups in total. The summed E-state index contributed by atoms with van der Waals surface area (Å²) in [7, 11) is 0. The zero-order chi connectivity index (χ0) is 17.4. The summed E-state index contributed by atoms with van der Waals surface area (Å²) in [5.74, 6) is -0.628. The number of carbonyl (C=O) groups excluding carboxylic acids is 2. The van der Waals surface area contributed by atoms with Gasteiger partial charge in [0.1, 0.15) is 11.6 Å². The number of anilines is 1. The molecule has 24 heavy (non-hydrogen) atoms. The quantitative estimate of drug-likeness (QED) is 0.310. The Bertz CT molecular complexity index is 733. The first kappa shape index (κ1) is 18.0. The SMILES string of the molecule is O=C(CO/N=C/CC(=O)c1ccc(F)cc1)Nc1ccc(I)cn1. The minimum atomic E-state index is -0.411.